The Labute approximate surface area is 166 Å². The molecular formula is C20H23FN4O2S. The van der Waals surface area contributed by atoms with Gasteiger partial charge in [0.1, 0.15) is 10.6 Å². The molecule has 8 heteroatoms. The molecule has 1 fully saturated rings. The zero-order chi connectivity index (χ0) is 19.7. The highest BCUT2D eigenvalue weighted by Crippen LogP contribution is 2.28. The quantitative estimate of drug-likeness (QED) is 0.713. The Morgan fingerprint density at radius 2 is 2.04 bits per heavy atom. The molecule has 1 N–H and O–H groups in total. The van der Waals surface area contributed by atoms with E-state index in [-0.39, 0.29) is 17.8 Å². The number of carbonyl (C=O) groups is 1. The minimum Gasteiger partial charge on any atom is -0.379 e. The first-order valence-electron chi connectivity index (χ1n) is 9.31. The number of hydrogen-bond donors (Lipinski definition) is 1. The average Bonchev–Trinajstić information content (AvgIpc) is 3.26. The lowest BCUT2D eigenvalue weighted by Gasteiger charge is -2.34. The van der Waals surface area contributed by atoms with Crippen molar-refractivity contribution in [3.8, 4) is 0 Å². The van der Waals surface area contributed by atoms with Crippen LogP contribution in [0.15, 0.2) is 30.3 Å². The molecule has 1 atom stereocenters. The van der Waals surface area contributed by atoms with Gasteiger partial charge >= 0.3 is 0 Å². The Morgan fingerprint density at radius 1 is 1.32 bits per heavy atom. The molecule has 1 aromatic carbocycles. The number of hydrogen-bond acceptors (Lipinski definition) is 5. The molecule has 1 saturated heterocycles. The minimum absolute atomic E-state index is 0.0220. The molecule has 0 bridgehead atoms. The fourth-order valence-electron chi connectivity index (χ4n) is 3.63. The maximum atomic E-state index is 13.4. The average molecular weight is 402 g/mol. The number of carbonyl (C=O) groups excluding carboxylic acids is 1. The summed E-state index contributed by atoms with van der Waals surface area (Å²) in [5.41, 5.74) is 1.91. The molecule has 0 aliphatic carbocycles. The lowest BCUT2D eigenvalue weighted by molar-refractivity contribution is 0.0162. The number of morpholine rings is 1. The second-order valence-corrected chi connectivity index (χ2v) is 7.99. The molecule has 0 radical (unpaired) electrons. The Morgan fingerprint density at radius 3 is 2.71 bits per heavy atom. The van der Waals surface area contributed by atoms with Crippen molar-refractivity contribution in [3.63, 3.8) is 0 Å². The maximum absolute atomic E-state index is 13.4. The van der Waals surface area contributed by atoms with Crippen LogP contribution in [-0.2, 0) is 11.8 Å². The van der Waals surface area contributed by atoms with Crippen molar-refractivity contribution in [1.29, 1.82) is 0 Å². The Balaban J connectivity index is 1.51. The first kappa shape index (κ1) is 19.0. The predicted molar refractivity (Wildman–Crippen MR) is 107 cm³/mol. The topological polar surface area (TPSA) is 59.4 Å². The van der Waals surface area contributed by atoms with Crippen LogP contribution in [0.3, 0.4) is 0 Å². The van der Waals surface area contributed by atoms with Crippen molar-refractivity contribution in [3.05, 3.63) is 52.3 Å². The standard InChI is InChI=1S/C20H23FN4O2S/c1-13-16-11-18(28-20(16)24(2)23-13)19(26)22-12-17(25-7-9-27-10-8-25)14-3-5-15(21)6-4-14/h3-6,11,17H,7-10,12H2,1-2H3,(H,22,26). The number of aromatic nitrogens is 2. The Hall–Kier alpha value is -2.29. The molecule has 3 aromatic rings. The van der Waals surface area contributed by atoms with E-state index in [1.807, 2.05) is 20.0 Å². The molecule has 1 aliphatic rings. The zero-order valence-electron chi connectivity index (χ0n) is 15.9. The molecule has 28 heavy (non-hydrogen) atoms. The van der Waals surface area contributed by atoms with E-state index in [4.69, 9.17) is 4.74 Å². The first-order valence-corrected chi connectivity index (χ1v) is 10.1. The molecular weight excluding hydrogens is 379 g/mol. The van der Waals surface area contributed by atoms with Gasteiger partial charge < -0.3 is 10.1 Å². The van der Waals surface area contributed by atoms with Gasteiger partial charge in [0.05, 0.1) is 29.8 Å². The van der Waals surface area contributed by atoms with Gasteiger partial charge in [0.25, 0.3) is 5.91 Å². The highest BCUT2D eigenvalue weighted by molar-refractivity contribution is 7.20. The first-order chi connectivity index (χ1) is 13.5. The molecule has 1 aliphatic heterocycles. The Kier molecular flexibility index (Phi) is 5.43. The summed E-state index contributed by atoms with van der Waals surface area (Å²) in [6.45, 7) is 5.29. The molecule has 1 unspecified atom stereocenters. The van der Waals surface area contributed by atoms with E-state index in [9.17, 15) is 9.18 Å². The summed E-state index contributed by atoms with van der Waals surface area (Å²) in [6.07, 6.45) is 0. The van der Waals surface area contributed by atoms with Crippen LogP contribution in [0.2, 0.25) is 0 Å². The molecule has 0 saturated carbocycles. The number of nitrogens with zero attached hydrogens (tertiary/aromatic N) is 3. The monoisotopic (exact) mass is 402 g/mol. The molecule has 3 heterocycles. The van der Waals surface area contributed by atoms with Gasteiger partial charge in [0.2, 0.25) is 0 Å². The summed E-state index contributed by atoms with van der Waals surface area (Å²) < 4.78 is 20.6. The van der Waals surface area contributed by atoms with Crippen LogP contribution in [-0.4, -0.2) is 53.4 Å². The number of nitrogens with one attached hydrogen (secondary N) is 1. The fourth-order valence-corrected chi connectivity index (χ4v) is 4.66. The number of fused-ring (bicyclic) bond motifs is 1. The lowest BCUT2D eigenvalue weighted by atomic mass is 10.0. The van der Waals surface area contributed by atoms with Gasteiger partial charge in [-0.25, -0.2) is 4.39 Å². The second-order valence-electron chi connectivity index (χ2n) is 6.96. The molecule has 0 spiro atoms. The fraction of sp³-hybridized carbons (Fsp3) is 0.400. The van der Waals surface area contributed by atoms with Gasteiger partial charge in [-0.05, 0) is 30.7 Å². The molecule has 2 aromatic heterocycles. The molecule has 6 nitrogen and oxygen atoms in total. The van der Waals surface area contributed by atoms with E-state index >= 15 is 0 Å². The van der Waals surface area contributed by atoms with Crippen molar-refractivity contribution in [2.75, 3.05) is 32.8 Å². The van der Waals surface area contributed by atoms with Gasteiger partial charge in [-0.2, -0.15) is 5.10 Å². The van der Waals surface area contributed by atoms with Gasteiger partial charge in [-0.3, -0.25) is 14.4 Å². The van der Waals surface area contributed by atoms with Gasteiger partial charge in [-0.1, -0.05) is 12.1 Å². The third kappa shape index (κ3) is 3.80. The summed E-state index contributed by atoms with van der Waals surface area (Å²) in [5, 5.41) is 8.46. The van der Waals surface area contributed by atoms with Crippen molar-refractivity contribution in [2.45, 2.75) is 13.0 Å². The van der Waals surface area contributed by atoms with Crippen molar-refractivity contribution in [1.82, 2.24) is 20.0 Å². The van der Waals surface area contributed by atoms with E-state index in [2.05, 4.69) is 15.3 Å². The summed E-state index contributed by atoms with van der Waals surface area (Å²) in [7, 11) is 1.89. The second kappa shape index (κ2) is 7.98. The van der Waals surface area contributed by atoms with Crippen molar-refractivity contribution >= 4 is 27.5 Å². The number of halogens is 1. The van der Waals surface area contributed by atoms with Gasteiger partial charge in [-0.15, -0.1) is 11.3 Å². The third-order valence-electron chi connectivity index (χ3n) is 5.12. The number of benzene rings is 1. The zero-order valence-corrected chi connectivity index (χ0v) is 16.8. The number of thiophene rings is 1. The van der Waals surface area contributed by atoms with Crippen molar-refractivity contribution in [2.24, 2.45) is 7.05 Å². The van der Waals surface area contributed by atoms with Gasteiger partial charge in [0.15, 0.2) is 0 Å². The van der Waals surface area contributed by atoms with E-state index < -0.39 is 0 Å². The largest absolute Gasteiger partial charge is 0.379 e. The lowest BCUT2D eigenvalue weighted by Crippen LogP contribution is -2.43. The SMILES string of the molecule is Cc1nn(C)c2sc(C(=O)NCC(c3ccc(F)cc3)N3CCOCC3)cc12. The van der Waals surface area contributed by atoms with Crippen LogP contribution in [0.4, 0.5) is 4.39 Å². The summed E-state index contributed by atoms with van der Waals surface area (Å²) in [6, 6.07) is 8.38. The number of aryl methyl sites for hydroxylation is 2. The molecule has 4 rings (SSSR count). The van der Waals surface area contributed by atoms with Crippen LogP contribution in [0.5, 0.6) is 0 Å². The van der Waals surface area contributed by atoms with Crippen molar-refractivity contribution < 1.29 is 13.9 Å². The number of rotatable bonds is 5. The Bertz CT molecular complexity index is 942. The van der Waals surface area contributed by atoms with Crippen LogP contribution in [0.1, 0.15) is 27.0 Å². The van der Waals surface area contributed by atoms with E-state index in [1.54, 1.807) is 16.8 Å². The maximum Gasteiger partial charge on any atom is 0.261 e. The van der Waals surface area contributed by atoms with Crippen LogP contribution < -0.4 is 5.32 Å². The highest BCUT2D eigenvalue weighted by atomic mass is 32.1. The third-order valence-corrected chi connectivity index (χ3v) is 6.32. The minimum atomic E-state index is -0.261. The molecule has 1 amide bonds. The van der Waals surface area contributed by atoms with E-state index in [1.165, 1.54) is 23.5 Å². The van der Waals surface area contributed by atoms with Gasteiger partial charge in [0, 0.05) is 32.1 Å². The predicted octanol–water partition coefficient (Wildman–Crippen LogP) is 2.89. The summed E-state index contributed by atoms with van der Waals surface area (Å²) in [4.78, 5) is 16.7. The highest BCUT2D eigenvalue weighted by Gasteiger charge is 2.24. The van der Waals surface area contributed by atoms with E-state index in [0.717, 1.165) is 34.6 Å². The van der Waals surface area contributed by atoms with Crippen LogP contribution >= 0.6 is 11.3 Å². The van der Waals surface area contributed by atoms with Crippen LogP contribution in [0.25, 0.3) is 10.2 Å². The summed E-state index contributed by atoms with van der Waals surface area (Å²) >= 11 is 1.44. The summed E-state index contributed by atoms with van der Waals surface area (Å²) in [5.74, 6) is -0.358. The number of ether oxygens (including phenoxy) is 1. The smallest absolute Gasteiger partial charge is 0.261 e. The normalized spacial score (nSPS) is 16.4. The van der Waals surface area contributed by atoms with E-state index in [0.29, 0.717) is 24.6 Å². The number of amides is 1. The molecule has 148 valence electrons. The van der Waals surface area contributed by atoms with Crippen LogP contribution in [0, 0.1) is 12.7 Å².